The number of rotatable bonds is 2. The van der Waals surface area contributed by atoms with E-state index in [2.05, 4.69) is 4.90 Å². The van der Waals surface area contributed by atoms with Crippen LogP contribution in [0.25, 0.3) is 0 Å². The quantitative estimate of drug-likeness (QED) is 0.802. The van der Waals surface area contributed by atoms with E-state index in [9.17, 15) is 9.90 Å². The number of hydrogen-bond donors (Lipinski definition) is 1. The van der Waals surface area contributed by atoms with Gasteiger partial charge in [-0.25, -0.2) is 0 Å². The molecule has 0 aromatic rings. The summed E-state index contributed by atoms with van der Waals surface area (Å²) in [6.45, 7) is 5.81. The summed E-state index contributed by atoms with van der Waals surface area (Å²) in [4.78, 5) is 14.0. The largest absolute Gasteiger partial charge is 0.480 e. The van der Waals surface area contributed by atoms with Gasteiger partial charge in [-0.3, -0.25) is 9.69 Å². The van der Waals surface area contributed by atoms with Crippen LogP contribution < -0.4 is 0 Å². The van der Waals surface area contributed by atoms with E-state index < -0.39 is 11.5 Å². The van der Waals surface area contributed by atoms with Gasteiger partial charge in [-0.2, -0.15) is 0 Å². The second-order valence-corrected chi connectivity index (χ2v) is 5.55. The fraction of sp³-hybridized carbons (Fsp3) is 0.923. The first kappa shape index (κ1) is 12.8. The third kappa shape index (κ3) is 2.47. The normalized spacial score (nSPS) is 40.1. The van der Waals surface area contributed by atoms with Crippen molar-refractivity contribution in [3.63, 3.8) is 0 Å². The molecule has 2 aliphatic heterocycles. The maximum Gasteiger partial charge on any atom is 0.324 e. The second-order valence-electron chi connectivity index (χ2n) is 5.55. The first-order valence-corrected chi connectivity index (χ1v) is 6.68. The van der Waals surface area contributed by atoms with Gasteiger partial charge in [0.25, 0.3) is 0 Å². The van der Waals surface area contributed by atoms with Crippen molar-refractivity contribution in [2.75, 3.05) is 13.1 Å². The summed E-state index contributed by atoms with van der Waals surface area (Å²) in [6.07, 6.45) is 4.79. The van der Waals surface area contributed by atoms with Crippen LogP contribution in [0.5, 0.6) is 0 Å². The van der Waals surface area contributed by atoms with E-state index in [-0.39, 0.29) is 12.2 Å². The number of hydrogen-bond acceptors (Lipinski definition) is 3. The first-order chi connectivity index (χ1) is 8.04. The maximum atomic E-state index is 11.8. The molecular weight excluding hydrogens is 218 g/mol. The molecule has 2 rings (SSSR count). The average molecular weight is 241 g/mol. The first-order valence-electron chi connectivity index (χ1n) is 6.68. The van der Waals surface area contributed by atoms with Crippen LogP contribution in [0.2, 0.25) is 0 Å². The average Bonchev–Trinajstić information content (AvgIpc) is 2.28. The van der Waals surface area contributed by atoms with Crippen molar-refractivity contribution in [2.45, 2.75) is 63.7 Å². The standard InChI is InChI=1S/C13H23NO3/c1-10-8-13(12(15)16,9-11(2)17-10)14-6-4-3-5-7-14/h10-11H,3-9H2,1-2H3,(H,15,16). The number of carboxylic acids is 1. The Morgan fingerprint density at radius 1 is 1.18 bits per heavy atom. The van der Waals surface area contributed by atoms with Gasteiger partial charge in [0.05, 0.1) is 12.2 Å². The Bertz CT molecular complexity index is 276. The fourth-order valence-corrected chi connectivity index (χ4v) is 3.42. The molecule has 4 nitrogen and oxygen atoms in total. The van der Waals surface area contributed by atoms with E-state index in [0.717, 1.165) is 25.9 Å². The third-order valence-electron chi connectivity index (χ3n) is 4.07. The van der Waals surface area contributed by atoms with Gasteiger partial charge in [-0.15, -0.1) is 0 Å². The maximum absolute atomic E-state index is 11.8. The molecule has 0 amide bonds. The highest BCUT2D eigenvalue weighted by molar-refractivity contribution is 5.79. The third-order valence-corrected chi connectivity index (χ3v) is 4.07. The Labute approximate surface area is 103 Å². The summed E-state index contributed by atoms with van der Waals surface area (Å²) < 4.78 is 5.69. The van der Waals surface area contributed by atoms with Crippen molar-refractivity contribution in [3.8, 4) is 0 Å². The van der Waals surface area contributed by atoms with Gasteiger partial charge >= 0.3 is 5.97 Å². The highest BCUT2D eigenvalue weighted by Gasteiger charge is 2.49. The predicted molar refractivity (Wildman–Crippen MR) is 65.0 cm³/mol. The van der Waals surface area contributed by atoms with Crippen LogP contribution >= 0.6 is 0 Å². The molecule has 0 aliphatic carbocycles. The van der Waals surface area contributed by atoms with Gasteiger partial charge in [-0.1, -0.05) is 6.42 Å². The molecule has 2 heterocycles. The van der Waals surface area contributed by atoms with Crippen LogP contribution in [0.3, 0.4) is 0 Å². The molecule has 17 heavy (non-hydrogen) atoms. The van der Waals surface area contributed by atoms with Crippen molar-refractivity contribution in [3.05, 3.63) is 0 Å². The second kappa shape index (κ2) is 4.94. The number of ether oxygens (including phenoxy) is 1. The molecule has 0 spiro atoms. The Kier molecular flexibility index (Phi) is 3.73. The van der Waals surface area contributed by atoms with Crippen molar-refractivity contribution in [1.82, 2.24) is 4.90 Å². The van der Waals surface area contributed by atoms with Gasteiger partial charge in [0.2, 0.25) is 0 Å². The number of nitrogens with zero attached hydrogens (tertiary/aromatic N) is 1. The van der Waals surface area contributed by atoms with Crippen LogP contribution in [-0.4, -0.2) is 46.8 Å². The van der Waals surface area contributed by atoms with Crippen molar-refractivity contribution >= 4 is 5.97 Å². The van der Waals surface area contributed by atoms with Crippen molar-refractivity contribution < 1.29 is 14.6 Å². The number of piperidine rings is 1. The van der Waals surface area contributed by atoms with E-state index in [1.807, 2.05) is 13.8 Å². The Balaban J connectivity index is 2.21. The molecule has 0 bridgehead atoms. The lowest BCUT2D eigenvalue weighted by Gasteiger charge is -2.48. The molecule has 98 valence electrons. The lowest BCUT2D eigenvalue weighted by atomic mass is 9.81. The highest BCUT2D eigenvalue weighted by Crippen LogP contribution is 2.36. The molecule has 2 unspecified atom stereocenters. The minimum atomic E-state index is -0.683. The number of carboxylic acid groups (broad SMARTS) is 1. The molecule has 0 saturated carbocycles. The molecule has 4 heteroatoms. The topological polar surface area (TPSA) is 49.8 Å². The molecule has 2 atom stereocenters. The van der Waals surface area contributed by atoms with Crippen LogP contribution in [0.1, 0.15) is 46.0 Å². The van der Waals surface area contributed by atoms with Gasteiger partial charge in [0, 0.05) is 12.8 Å². The number of carbonyl (C=O) groups is 1. The lowest BCUT2D eigenvalue weighted by molar-refractivity contribution is -0.170. The SMILES string of the molecule is CC1CC(C(=O)O)(N2CCCCC2)CC(C)O1. The van der Waals surface area contributed by atoms with Crippen LogP contribution in [0, 0.1) is 0 Å². The summed E-state index contributed by atoms with van der Waals surface area (Å²) >= 11 is 0. The zero-order valence-corrected chi connectivity index (χ0v) is 10.8. The zero-order valence-electron chi connectivity index (χ0n) is 10.8. The van der Waals surface area contributed by atoms with Crippen molar-refractivity contribution in [2.24, 2.45) is 0 Å². The number of aliphatic carboxylic acids is 1. The minimum absolute atomic E-state index is 0.0387. The molecule has 0 aromatic heterocycles. The van der Waals surface area contributed by atoms with E-state index in [1.165, 1.54) is 6.42 Å². The molecule has 0 radical (unpaired) electrons. The van der Waals surface area contributed by atoms with Crippen LogP contribution in [0.15, 0.2) is 0 Å². The lowest BCUT2D eigenvalue weighted by Crippen LogP contribution is -2.61. The summed E-state index contributed by atoms with van der Waals surface area (Å²) in [7, 11) is 0. The van der Waals surface area contributed by atoms with Crippen molar-refractivity contribution in [1.29, 1.82) is 0 Å². The van der Waals surface area contributed by atoms with E-state index >= 15 is 0 Å². The van der Waals surface area contributed by atoms with Crippen LogP contribution in [0.4, 0.5) is 0 Å². The summed E-state index contributed by atoms with van der Waals surface area (Å²) in [6, 6.07) is 0. The molecule has 2 aliphatic rings. The van der Waals surface area contributed by atoms with Crippen LogP contribution in [-0.2, 0) is 9.53 Å². The Morgan fingerprint density at radius 2 is 1.71 bits per heavy atom. The highest BCUT2D eigenvalue weighted by atomic mass is 16.5. The molecule has 2 saturated heterocycles. The van der Waals surface area contributed by atoms with Gasteiger partial charge in [0.15, 0.2) is 0 Å². The fourth-order valence-electron chi connectivity index (χ4n) is 3.42. The molecule has 2 fully saturated rings. The summed E-state index contributed by atoms with van der Waals surface area (Å²) in [5.41, 5.74) is -0.683. The van der Waals surface area contributed by atoms with Gasteiger partial charge in [-0.05, 0) is 39.8 Å². The Hall–Kier alpha value is -0.610. The predicted octanol–water partition coefficient (Wildman–Crippen LogP) is 1.88. The smallest absolute Gasteiger partial charge is 0.324 e. The van der Waals surface area contributed by atoms with E-state index in [4.69, 9.17) is 4.74 Å². The molecule has 1 N–H and O–H groups in total. The minimum Gasteiger partial charge on any atom is -0.480 e. The van der Waals surface area contributed by atoms with E-state index in [1.54, 1.807) is 0 Å². The van der Waals surface area contributed by atoms with Gasteiger partial charge < -0.3 is 9.84 Å². The van der Waals surface area contributed by atoms with Gasteiger partial charge in [0.1, 0.15) is 5.54 Å². The molecule has 0 aromatic carbocycles. The Morgan fingerprint density at radius 3 is 2.18 bits per heavy atom. The zero-order chi connectivity index (χ0) is 12.5. The molecular formula is C13H23NO3. The summed E-state index contributed by atoms with van der Waals surface area (Å²) in [5.74, 6) is -0.665. The monoisotopic (exact) mass is 241 g/mol. The van der Waals surface area contributed by atoms with E-state index in [0.29, 0.717) is 12.8 Å². The number of likely N-dealkylation sites (tertiary alicyclic amines) is 1. The summed E-state index contributed by atoms with van der Waals surface area (Å²) in [5, 5.41) is 9.68.